The molecular weight excluding hydrogens is 547 g/mol. The average Bonchev–Trinajstić information content (AvgIpc) is 3.13. The zero-order valence-electron chi connectivity index (χ0n) is 18.1. The van der Waals surface area contributed by atoms with Gasteiger partial charge in [-0.15, -0.1) is 0 Å². The van der Waals surface area contributed by atoms with Crippen molar-refractivity contribution in [1.82, 2.24) is 9.55 Å². The van der Waals surface area contributed by atoms with Crippen molar-refractivity contribution in [3.63, 3.8) is 0 Å². The van der Waals surface area contributed by atoms with Gasteiger partial charge in [0.05, 0.1) is 17.8 Å². The van der Waals surface area contributed by atoms with Crippen LogP contribution in [-0.4, -0.2) is 22.3 Å². The molecule has 0 amide bonds. The first-order valence-corrected chi connectivity index (χ1v) is 12.1. The zero-order chi connectivity index (χ0) is 23.1. The fourth-order valence-electron chi connectivity index (χ4n) is 4.17. The lowest BCUT2D eigenvalue weighted by Crippen LogP contribution is -2.14. The molecule has 5 aromatic rings. The van der Waals surface area contributed by atoms with Gasteiger partial charge in [0.2, 0.25) is 0 Å². The highest BCUT2D eigenvalue weighted by Gasteiger charge is 2.25. The Morgan fingerprint density at radius 1 is 1.03 bits per heavy atom. The molecule has 3 aromatic carbocycles. The highest BCUT2D eigenvalue weighted by atomic mass is 127. The monoisotopic (exact) mass is 566 g/mol. The second-order valence-corrected chi connectivity index (χ2v) is 9.29. The molecule has 33 heavy (non-hydrogen) atoms. The number of carbonyl (C=O) groups is 1. The van der Waals surface area contributed by atoms with E-state index in [1.54, 1.807) is 11.5 Å². The Bertz CT molecular complexity index is 1510. The van der Waals surface area contributed by atoms with Crippen molar-refractivity contribution in [3.8, 4) is 22.4 Å². The van der Waals surface area contributed by atoms with Crippen LogP contribution in [0.5, 0.6) is 0 Å². The van der Waals surface area contributed by atoms with Crippen LogP contribution in [0.15, 0.2) is 72.8 Å². The Morgan fingerprint density at radius 3 is 2.45 bits per heavy atom. The van der Waals surface area contributed by atoms with Gasteiger partial charge in [-0.1, -0.05) is 65.7 Å². The van der Waals surface area contributed by atoms with Gasteiger partial charge in [0, 0.05) is 30.5 Å². The van der Waals surface area contributed by atoms with Crippen molar-refractivity contribution in [2.75, 3.05) is 6.61 Å². The van der Waals surface area contributed by atoms with E-state index >= 15 is 0 Å². The Labute approximate surface area is 210 Å². The summed E-state index contributed by atoms with van der Waals surface area (Å²) in [7, 11) is 0. The van der Waals surface area contributed by atoms with Crippen LogP contribution in [0.1, 0.15) is 12.5 Å². The Morgan fingerprint density at radius 2 is 1.76 bits per heavy atom. The predicted octanol–water partition coefficient (Wildman–Crippen LogP) is 8.09. The van der Waals surface area contributed by atoms with Crippen LogP contribution in [-0.2, 0) is 4.74 Å². The van der Waals surface area contributed by atoms with Gasteiger partial charge in [-0.3, -0.25) is 0 Å². The van der Waals surface area contributed by atoms with Crippen molar-refractivity contribution in [3.05, 3.63) is 87.0 Å². The number of hydrogen-bond acceptors (Lipinski definition) is 3. The van der Waals surface area contributed by atoms with E-state index in [9.17, 15) is 4.79 Å². The molecule has 0 saturated carbocycles. The van der Waals surface area contributed by atoms with E-state index in [0.717, 1.165) is 47.8 Å². The summed E-state index contributed by atoms with van der Waals surface area (Å²) in [5.74, 6) is 0. The quantitative estimate of drug-likeness (QED) is 0.207. The van der Waals surface area contributed by atoms with Crippen LogP contribution in [0.25, 0.3) is 44.3 Å². The van der Waals surface area contributed by atoms with Crippen molar-refractivity contribution >= 4 is 62.2 Å². The highest BCUT2D eigenvalue weighted by Crippen LogP contribution is 2.42. The fraction of sp³-hybridized carbons (Fsp3) is 0.111. The summed E-state index contributed by atoms with van der Waals surface area (Å²) >= 11 is 8.57. The maximum atomic E-state index is 13.1. The van der Waals surface area contributed by atoms with E-state index in [1.807, 2.05) is 73.7 Å². The van der Waals surface area contributed by atoms with Gasteiger partial charge >= 0.3 is 6.09 Å². The van der Waals surface area contributed by atoms with Gasteiger partial charge in [0.1, 0.15) is 0 Å². The molecule has 2 heterocycles. The van der Waals surface area contributed by atoms with Gasteiger partial charge in [-0.25, -0.2) is 14.3 Å². The molecule has 0 atom stereocenters. The van der Waals surface area contributed by atoms with E-state index in [0.29, 0.717) is 10.7 Å². The minimum atomic E-state index is -0.434. The summed E-state index contributed by atoms with van der Waals surface area (Å²) in [6.45, 7) is 4.14. The van der Waals surface area contributed by atoms with E-state index in [4.69, 9.17) is 21.3 Å². The van der Waals surface area contributed by atoms with E-state index in [-0.39, 0.29) is 6.61 Å². The first-order chi connectivity index (χ1) is 16.0. The molecule has 0 aliphatic heterocycles. The maximum Gasteiger partial charge on any atom is 0.420 e. The number of benzene rings is 3. The number of rotatable bonds is 3. The second-order valence-electron chi connectivity index (χ2n) is 7.78. The van der Waals surface area contributed by atoms with Crippen LogP contribution in [0.3, 0.4) is 0 Å². The van der Waals surface area contributed by atoms with Crippen LogP contribution in [0, 0.1) is 10.5 Å². The zero-order valence-corrected chi connectivity index (χ0v) is 21.0. The van der Waals surface area contributed by atoms with Gasteiger partial charge in [0.15, 0.2) is 5.65 Å². The van der Waals surface area contributed by atoms with Gasteiger partial charge < -0.3 is 4.74 Å². The number of ether oxygens (including phenoxy) is 1. The normalized spacial score (nSPS) is 11.3. The molecule has 0 radical (unpaired) electrons. The molecule has 164 valence electrons. The second kappa shape index (κ2) is 8.80. The lowest BCUT2D eigenvalue weighted by atomic mass is 9.98. The van der Waals surface area contributed by atoms with Crippen LogP contribution in [0.4, 0.5) is 4.79 Å². The smallest absolute Gasteiger partial charge is 0.420 e. The highest BCUT2D eigenvalue weighted by molar-refractivity contribution is 14.1. The summed E-state index contributed by atoms with van der Waals surface area (Å²) in [6, 6.07) is 23.9. The van der Waals surface area contributed by atoms with E-state index in [2.05, 4.69) is 28.7 Å². The predicted molar refractivity (Wildman–Crippen MR) is 143 cm³/mol. The summed E-state index contributed by atoms with van der Waals surface area (Å²) in [6.07, 6.45) is -0.434. The van der Waals surface area contributed by atoms with Gasteiger partial charge in [-0.2, -0.15) is 0 Å². The molecule has 0 spiro atoms. The minimum absolute atomic E-state index is 0.284. The van der Waals surface area contributed by atoms with Gasteiger partial charge in [0.25, 0.3) is 0 Å². The molecule has 4 nitrogen and oxygen atoms in total. The standard InChI is InChI=1S/C27H20ClIN2O2/c1-3-33-27(32)31-21-14-9-16(2)15-20(21)23-22(17-10-12-19(28)13-11-17)24(29)25(30-26(23)31)18-7-5-4-6-8-18/h4-15H,3H2,1-2H3. The largest absolute Gasteiger partial charge is 0.449 e. The first-order valence-electron chi connectivity index (χ1n) is 10.6. The van der Waals surface area contributed by atoms with Crippen LogP contribution < -0.4 is 0 Å². The number of nitrogens with zero attached hydrogens (tertiary/aromatic N) is 2. The SMILES string of the molecule is CCOC(=O)n1c2ccc(C)cc2c2c(-c3ccc(Cl)cc3)c(I)c(-c3ccccc3)nc21. The van der Waals surface area contributed by atoms with Crippen molar-refractivity contribution in [2.24, 2.45) is 0 Å². The third-order valence-electron chi connectivity index (χ3n) is 5.62. The number of hydrogen-bond donors (Lipinski definition) is 0. The summed E-state index contributed by atoms with van der Waals surface area (Å²) in [4.78, 5) is 18.2. The van der Waals surface area contributed by atoms with Gasteiger partial charge in [-0.05, 0) is 66.3 Å². The number of aryl methyl sites for hydroxylation is 1. The van der Waals surface area contributed by atoms with Crippen molar-refractivity contribution in [2.45, 2.75) is 13.8 Å². The lowest BCUT2D eigenvalue weighted by molar-refractivity contribution is 0.156. The van der Waals surface area contributed by atoms with Crippen molar-refractivity contribution < 1.29 is 9.53 Å². The number of halogens is 2. The molecule has 0 N–H and O–H groups in total. The Balaban J connectivity index is 2.00. The Kier molecular flexibility index (Phi) is 5.85. The Hall–Kier alpha value is -2.90. The molecule has 0 fully saturated rings. The van der Waals surface area contributed by atoms with E-state index in [1.165, 1.54) is 0 Å². The molecule has 0 saturated heterocycles. The molecule has 0 aliphatic rings. The summed E-state index contributed by atoms with van der Waals surface area (Å²) in [5.41, 5.74) is 6.30. The van der Waals surface area contributed by atoms with Crippen LogP contribution >= 0.6 is 34.2 Å². The first kappa shape index (κ1) is 21.9. The maximum absolute atomic E-state index is 13.1. The third kappa shape index (κ3) is 3.79. The molecule has 0 aliphatic carbocycles. The molecule has 6 heteroatoms. The lowest BCUT2D eigenvalue weighted by Gasteiger charge is -2.14. The molecular formula is C27H20ClIN2O2. The number of fused-ring (bicyclic) bond motifs is 3. The summed E-state index contributed by atoms with van der Waals surface area (Å²) < 4.78 is 8.04. The molecule has 2 aromatic heterocycles. The summed E-state index contributed by atoms with van der Waals surface area (Å²) in [5, 5.41) is 2.56. The average molecular weight is 567 g/mol. The number of carbonyl (C=O) groups excluding carboxylic acids is 1. The van der Waals surface area contributed by atoms with E-state index < -0.39 is 6.09 Å². The molecule has 0 unspecified atom stereocenters. The topological polar surface area (TPSA) is 44.1 Å². The minimum Gasteiger partial charge on any atom is -0.449 e. The molecule has 0 bridgehead atoms. The number of pyridine rings is 1. The van der Waals surface area contributed by atoms with Crippen molar-refractivity contribution in [1.29, 1.82) is 0 Å². The van der Waals surface area contributed by atoms with Crippen LogP contribution in [0.2, 0.25) is 5.02 Å². The number of aromatic nitrogens is 2. The third-order valence-corrected chi connectivity index (χ3v) is 6.93. The fourth-order valence-corrected chi connectivity index (χ4v) is 5.31. The molecule has 5 rings (SSSR count).